The molecule has 6 nitrogen and oxygen atoms in total. The molecule has 1 unspecified atom stereocenters. The number of hydrogen-bond acceptors (Lipinski definition) is 6. The van der Waals surface area contributed by atoms with Crippen molar-refractivity contribution >= 4 is 11.5 Å². The molecule has 0 fully saturated rings. The number of aliphatic hydroxyl groups is 1. The Balaban J connectivity index is 1.71. The lowest BCUT2D eigenvalue weighted by Gasteiger charge is -2.09. The minimum absolute atomic E-state index is 0.0791. The molecule has 0 aromatic carbocycles. The monoisotopic (exact) mass is 272 g/mol. The van der Waals surface area contributed by atoms with Gasteiger partial charge in [-0.05, 0) is 12.1 Å². The zero-order valence-corrected chi connectivity index (χ0v) is 10.9. The van der Waals surface area contributed by atoms with Gasteiger partial charge in [0.05, 0.1) is 12.2 Å². The standard InChI is InChI=1S/C14H16N4O2/c19-8-5-12-18-13-11(20-12)4-7-16-14(13)17-9-10-3-1-2-6-15-10/h1-4,6-7,12,18-19H,5,8-9H2,(H,16,17). The van der Waals surface area contributed by atoms with Crippen molar-refractivity contribution in [1.29, 1.82) is 0 Å². The van der Waals surface area contributed by atoms with E-state index in [9.17, 15) is 0 Å². The molecule has 1 aliphatic heterocycles. The number of pyridine rings is 2. The number of hydrogen-bond donors (Lipinski definition) is 3. The van der Waals surface area contributed by atoms with Gasteiger partial charge in [-0.15, -0.1) is 0 Å². The third kappa shape index (κ3) is 2.65. The number of nitrogens with zero attached hydrogens (tertiary/aromatic N) is 2. The van der Waals surface area contributed by atoms with Crippen molar-refractivity contribution in [3.05, 3.63) is 42.4 Å². The van der Waals surface area contributed by atoms with E-state index in [0.29, 0.717) is 13.0 Å². The van der Waals surface area contributed by atoms with Crippen molar-refractivity contribution in [2.45, 2.75) is 19.2 Å². The Morgan fingerprint density at radius 2 is 2.20 bits per heavy atom. The Labute approximate surface area is 116 Å². The van der Waals surface area contributed by atoms with Crippen LogP contribution in [0.3, 0.4) is 0 Å². The first-order valence-electron chi connectivity index (χ1n) is 6.53. The van der Waals surface area contributed by atoms with Crippen molar-refractivity contribution < 1.29 is 9.84 Å². The van der Waals surface area contributed by atoms with E-state index in [4.69, 9.17) is 9.84 Å². The largest absolute Gasteiger partial charge is 0.468 e. The summed E-state index contributed by atoms with van der Waals surface area (Å²) >= 11 is 0. The Bertz CT molecular complexity index is 577. The van der Waals surface area contributed by atoms with E-state index in [1.807, 2.05) is 24.3 Å². The normalized spacial score (nSPS) is 16.1. The van der Waals surface area contributed by atoms with Gasteiger partial charge in [-0.25, -0.2) is 4.98 Å². The molecule has 20 heavy (non-hydrogen) atoms. The van der Waals surface area contributed by atoms with Crippen LogP contribution in [0.2, 0.25) is 0 Å². The maximum Gasteiger partial charge on any atom is 0.172 e. The fraction of sp³-hybridized carbons (Fsp3) is 0.286. The number of aliphatic hydroxyl groups excluding tert-OH is 1. The van der Waals surface area contributed by atoms with Crippen LogP contribution >= 0.6 is 0 Å². The first-order valence-corrected chi connectivity index (χ1v) is 6.53. The Morgan fingerprint density at radius 1 is 1.25 bits per heavy atom. The van der Waals surface area contributed by atoms with E-state index >= 15 is 0 Å². The van der Waals surface area contributed by atoms with Crippen molar-refractivity contribution in [3.8, 4) is 5.75 Å². The summed E-state index contributed by atoms with van der Waals surface area (Å²) in [5, 5.41) is 15.4. The van der Waals surface area contributed by atoms with E-state index in [-0.39, 0.29) is 12.8 Å². The summed E-state index contributed by atoms with van der Waals surface area (Å²) < 4.78 is 5.67. The molecule has 2 aromatic rings. The number of ether oxygens (including phenoxy) is 1. The van der Waals surface area contributed by atoms with Crippen molar-refractivity contribution in [3.63, 3.8) is 0 Å². The van der Waals surface area contributed by atoms with Gasteiger partial charge in [-0.2, -0.15) is 0 Å². The molecule has 0 bridgehead atoms. The van der Waals surface area contributed by atoms with Crippen LogP contribution in [0.5, 0.6) is 5.75 Å². The second kappa shape index (κ2) is 5.75. The maximum atomic E-state index is 8.97. The highest BCUT2D eigenvalue weighted by atomic mass is 16.5. The van der Waals surface area contributed by atoms with E-state index in [1.165, 1.54) is 0 Å². The van der Waals surface area contributed by atoms with E-state index in [2.05, 4.69) is 20.6 Å². The lowest BCUT2D eigenvalue weighted by Crippen LogP contribution is -2.21. The zero-order chi connectivity index (χ0) is 13.8. The lowest BCUT2D eigenvalue weighted by molar-refractivity contribution is 0.189. The molecule has 0 saturated carbocycles. The first-order chi connectivity index (χ1) is 9.86. The molecule has 0 spiro atoms. The first kappa shape index (κ1) is 12.7. The Morgan fingerprint density at radius 3 is 3.00 bits per heavy atom. The van der Waals surface area contributed by atoms with Crippen LogP contribution in [-0.2, 0) is 6.54 Å². The van der Waals surface area contributed by atoms with Crippen LogP contribution in [0.1, 0.15) is 12.1 Å². The highest BCUT2D eigenvalue weighted by molar-refractivity contribution is 5.74. The van der Waals surface area contributed by atoms with Gasteiger partial charge in [0.15, 0.2) is 17.8 Å². The summed E-state index contributed by atoms with van der Waals surface area (Å²) in [6, 6.07) is 7.60. The average molecular weight is 272 g/mol. The molecule has 3 N–H and O–H groups in total. The Hall–Kier alpha value is -2.34. The van der Waals surface area contributed by atoms with Gasteiger partial charge in [-0.1, -0.05) is 6.07 Å². The van der Waals surface area contributed by atoms with Crippen molar-refractivity contribution in [2.75, 3.05) is 17.2 Å². The molecule has 1 aliphatic rings. The van der Waals surface area contributed by atoms with Crippen molar-refractivity contribution in [2.24, 2.45) is 0 Å². The molecule has 3 rings (SSSR count). The molecular formula is C14H16N4O2. The zero-order valence-electron chi connectivity index (χ0n) is 10.9. The van der Waals surface area contributed by atoms with E-state index in [1.54, 1.807) is 12.4 Å². The van der Waals surface area contributed by atoms with Crippen molar-refractivity contribution in [1.82, 2.24) is 9.97 Å². The second-order valence-electron chi connectivity index (χ2n) is 4.47. The summed E-state index contributed by atoms with van der Waals surface area (Å²) in [5.41, 5.74) is 1.78. The minimum Gasteiger partial charge on any atom is -0.468 e. The van der Waals surface area contributed by atoms with Crippen LogP contribution in [0, 0.1) is 0 Å². The molecule has 0 amide bonds. The summed E-state index contributed by atoms with van der Waals surface area (Å²) in [6.45, 7) is 0.673. The second-order valence-corrected chi connectivity index (χ2v) is 4.47. The molecule has 6 heteroatoms. The van der Waals surface area contributed by atoms with Crippen LogP contribution in [-0.4, -0.2) is 27.9 Å². The molecule has 2 aromatic heterocycles. The molecule has 104 valence electrons. The summed E-state index contributed by atoms with van der Waals surface area (Å²) in [5.74, 6) is 1.48. The van der Waals surface area contributed by atoms with Gasteiger partial charge < -0.3 is 20.5 Å². The van der Waals surface area contributed by atoms with Crippen LogP contribution in [0.4, 0.5) is 11.5 Å². The fourth-order valence-electron chi connectivity index (χ4n) is 2.08. The predicted molar refractivity (Wildman–Crippen MR) is 75.5 cm³/mol. The van der Waals surface area contributed by atoms with Gasteiger partial charge >= 0.3 is 0 Å². The van der Waals surface area contributed by atoms with Gasteiger partial charge in [0.25, 0.3) is 0 Å². The lowest BCUT2D eigenvalue weighted by atomic mass is 10.3. The summed E-state index contributed by atoms with van der Waals surface area (Å²) in [7, 11) is 0. The molecule has 0 aliphatic carbocycles. The SMILES string of the molecule is OCCC1Nc2c(ccnc2NCc2ccccn2)O1. The number of anilines is 2. The van der Waals surface area contributed by atoms with Gasteiger partial charge in [0, 0.05) is 31.5 Å². The third-order valence-electron chi connectivity index (χ3n) is 3.04. The molecule has 0 saturated heterocycles. The molecular weight excluding hydrogens is 256 g/mol. The van der Waals surface area contributed by atoms with E-state index < -0.39 is 0 Å². The smallest absolute Gasteiger partial charge is 0.172 e. The molecule has 0 radical (unpaired) electrons. The summed E-state index contributed by atoms with van der Waals surface area (Å²) in [4.78, 5) is 8.57. The van der Waals surface area contributed by atoms with E-state index in [0.717, 1.165) is 22.9 Å². The van der Waals surface area contributed by atoms with Gasteiger partial charge in [0.2, 0.25) is 0 Å². The predicted octanol–water partition coefficient (Wildman–Crippen LogP) is 1.60. The Kier molecular flexibility index (Phi) is 3.64. The minimum atomic E-state index is -0.199. The van der Waals surface area contributed by atoms with Gasteiger partial charge in [-0.3, -0.25) is 4.98 Å². The molecule has 3 heterocycles. The number of nitrogens with one attached hydrogen (secondary N) is 2. The summed E-state index contributed by atoms with van der Waals surface area (Å²) in [6.07, 6.45) is 3.80. The van der Waals surface area contributed by atoms with Gasteiger partial charge in [0.1, 0.15) is 5.69 Å². The quantitative estimate of drug-likeness (QED) is 0.767. The van der Waals surface area contributed by atoms with Crippen LogP contribution < -0.4 is 15.4 Å². The highest BCUT2D eigenvalue weighted by Gasteiger charge is 2.24. The highest BCUT2D eigenvalue weighted by Crippen LogP contribution is 2.37. The number of rotatable bonds is 5. The third-order valence-corrected chi connectivity index (χ3v) is 3.04. The fourth-order valence-corrected chi connectivity index (χ4v) is 2.08. The van der Waals surface area contributed by atoms with Crippen LogP contribution in [0.25, 0.3) is 0 Å². The topological polar surface area (TPSA) is 79.3 Å². The maximum absolute atomic E-state index is 8.97. The number of fused-ring (bicyclic) bond motifs is 1. The average Bonchev–Trinajstić information content (AvgIpc) is 2.89. The van der Waals surface area contributed by atoms with Crippen LogP contribution in [0.15, 0.2) is 36.7 Å². The molecule has 1 atom stereocenters. The number of aromatic nitrogens is 2.